The minimum atomic E-state index is -0.421. The second-order valence-corrected chi connectivity index (χ2v) is 8.86. The number of aromatic nitrogens is 1. The lowest BCUT2D eigenvalue weighted by atomic mass is 10.0. The van der Waals surface area contributed by atoms with Crippen LogP contribution in [0.1, 0.15) is 27.1 Å². The highest BCUT2D eigenvalue weighted by molar-refractivity contribution is 7.16. The number of hydrogen-bond acceptors (Lipinski definition) is 7. The van der Waals surface area contributed by atoms with Crippen molar-refractivity contribution in [1.82, 2.24) is 9.88 Å². The quantitative estimate of drug-likeness (QED) is 0.373. The van der Waals surface area contributed by atoms with Crippen LogP contribution in [0.15, 0.2) is 60.9 Å². The van der Waals surface area contributed by atoms with Gasteiger partial charge in [-0.1, -0.05) is 36.4 Å². The van der Waals surface area contributed by atoms with E-state index in [0.29, 0.717) is 43.3 Å². The van der Waals surface area contributed by atoms with Gasteiger partial charge in [-0.25, -0.2) is 4.79 Å². The zero-order valence-electron chi connectivity index (χ0n) is 19.0. The number of carbonyl (C=O) groups is 2. The molecule has 0 radical (unpaired) electrons. The molecule has 1 aromatic carbocycles. The van der Waals surface area contributed by atoms with E-state index in [1.54, 1.807) is 29.4 Å². The number of benzene rings is 1. The molecule has 35 heavy (non-hydrogen) atoms. The van der Waals surface area contributed by atoms with Crippen molar-refractivity contribution in [3.8, 4) is 6.07 Å². The summed E-state index contributed by atoms with van der Waals surface area (Å²) in [5, 5.41) is 13.0. The summed E-state index contributed by atoms with van der Waals surface area (Å²) in [5.74, 6) is -0.337. The van der Waals surface area contributed by atoms with E-state index in [1.807, 2.05) is 36.4 Å². The van der Waals surface area contributed by atoms with Crippen LogP contribution < -0.4 is 5.32 Å². The fourth-order valence-electron chi connectivity index (χ4n) is 3.61. The number of nitrogens with zero attached hydrogens (tertiary/aromatic N) is 3. The fraction of sp³-hybridized carbons (Fsp3) is 0.231. The van der Waals surface area contributed by atoms with Crippen molar-refractivity contribution < 1.29 is 19.1 Å². The molecular formula is C26H24N4O4S. The molecule has 178 valence electrons. The van der Waals surface area contributed by atoms with Crippen LogP contribution in [0.5, 0.6) is 0 Å². The molecule has 0 bridgehead atoms. The van der Waals surface area contributed by atoms with Crippen molar-refractivity contribution in [3.05, 3.63) is 88.1 Å². The summed E-state index contributed by atoms with van der Waals surface area (Å²) in [6, 6.07) is 15.6. The Hall–Kier alpha value is -4.00. The molecule has 3 aromatic rings. The standard InChI is InChI=1S/C26H24N4O4S/c27-15-22-21-10-12-30(26(32)34-14-13-33-18-20-5-2-1-3-6-20)17-23(21)35-25(22)29-24(31)9-8-19-7-4-11-28-16-19/h1-9,11,16H,10,12-14,17-18H2,(H,29,31). The minimum Gasteiger partial charge on any atom is -0.447 e. The summed E-state index contributed by atoms with van der Waals surface area (Å²) >= 11 is 1.31. The van der Waals surface area contributed by atoms with E-state index in [1.165, 1.54) is 17.4 Å². The maximum Gasteiger partial charge on any atom is 0.410 e. The smallest absolute Gasteiger partial charge is 0.410 e. The molecule has 8 nitrogen and oxygen atoms in total. The van der Waals surface area contributed by atoms with Crippen LogP contribution in [0.2, 0.25) is 0 Å². The molecule has 1 N–H and O–H groups in total. The molecule has 0 aliphatic carbocycles. The number of thiophene rings is 1. The van der Waals surface area contributed by atoms with Gasteiger partial charge >= 0.3 is 6.09 Å². The van der Waals surface area contributed by atoms with Gasteiger partial charge in [-0.2, -0.15) is 5.26 Å². The molecule has 1 aliphatic rings. The zero-order valence-corrected chi connectivity index (χ0v) is 19.8. The highest BCUT2D eigenvalue weighted by atomic mass is 32.1. The van der Waals surface area contributed by atoms with E-state index in [9.17, 15) is 14.9 Å². The van der Waals surface area contributed by atoms with Crippen LogP contribution in [-0.2, 0) is 33.8 Å². The normalized spacial score (nSPS) is 12.7. The second kappa shape index (κ2) is 11.9. The number of pyridine rings is 1. The number of nitriles is 1. The molecule has 0 unspecified atom stereocenters. The lowest BCUT2D eigenvalue weighted by Gasteiger charge is -2.26. The number of carbonyl (C=O) groups excluding carboxylic acids is 2. The SMILES string of the molecule is N#Cc1c(NC(=O)C=Cc2cccnc2)sc2c1CCN(C(=O)OCCOCc1ccccc1)C2. The third-order valence-corrected chi connectivity index (χ3v) is 6.47. The molecule has 1 aliphatic heterocycles. The number of hydrogen-bond donors (Lipinski definition) is 1. The molecule has 0 spiro atoms. The summed E-state index contributed by atoms with van der Waals surface area (Å²) in [4.78, 5) is 31.4. The third-order valence-electron chi connectivity index (χ3n) is 5.34. The van der Waals surface area contributed by atoms with E-state index in [4.69, 9.17) is 9.47 Å². The lowest BCUT2D eigenvalue weighted by Crippen LogP contribution is -2.36. The fourth-order valence-corrected chi connectivity index (χ4v) is 4.83. The maximum atomic E-state index is 12.5. The van der Waals surface area contributed by atoms with E-state index in [-0.39, 0.29) is 12.5 Å². The lowest BCUT2D eigenvalue weighted by molar-refractivity contribution is -0.111. The van der Waals surface area contributed by atoms with E-state index < -0.39 is 6.09 Å². The second-order valence-electron chi connectivity index (χ2n) is 7.75. The number of anilines is 1. The summed E-state index contributed by atoms with van der Waals surface area (Å²) in [6.07, 6.45) is 6.47. The summed E-state index contributed by atoms with van der Waals surface area (Å²) in [7, 11) is 0. The minimum absolute atomic E-state index is 0.160. The highest BCUT2D eigenvalue weighted by Crippen LogP contribution is 2.36. The van der Waals surface area contributed by atoms with Gasteiger partial charge in [0.15, 0.2) is 0 Å². The number of rotatable bonds is 8. The first kappa shape index (κ1) is 24.1. The third kappa shape index (κ3) is 6.53. The zero-order chi connectivity index (χ0) is 24.5. The predicted molar refractivity (Wildman–Crippen MR) is 132 cm³/mol. The Morgan fingerprint density at radius 1 is 1.20 bits per heavy atom. The Morgan fingerprint density at radius 3 is 2.83 bits per heavy atom. The van der Waals surface area contributed by atoms with Crippen molar-refractivity contribution in [1.29, 1.82) is 5.26 Å². The summed E-state index contributed by atoms with van der Waals surface area (Å²) in [6.45, 7) is 1.70. The van der Waals surface area contributed by atoms with Gasteiger partial charge in [0.05, 0.1) is 25.3 Å². The van der Waals surface area contributed by atoms with Gasteiger partial charge in [-0.3, -0.25) is 9.78 Å². The number of nitrogens with one attached hydrogen (secondary N) is 1. The average Bonchev–Trinajstić information content (AvgIpc) is 3.24. The topological polar surface area (TPSA) is 105 Å². The van der Waals surface area contributed by atoms with Crippen LogP contribution in [0, 0.1) is 11.3 Å². The predicted octanol–water partition coefficient (Wildman–Crippen LogP) is 4.38. The van der Waals surface area contributed by atoms with Crippen molar-refractivity contribution >= 4 is 34.4 Å². The monoisotopic (exact) mass is 488 g/mol. The number of amides is 2. The largest absolute Gasteiger partial charge is 0.447 e. The molecule has 2 aromatic heterocycles. The molecule has 0 atom stereocenters. The molecule has 4 rings (SSSR count). The molecule has 0 saturated carbocycles. The molecule has 2 amide bonds. The molecule has 0 saturated heterocycles. The van der Waals surface area contributed by atoms with Gasteiger partial charge in [-0.15, -0.1) is 11.3 Å². The van der Waals surface area contributed by atoms with Crippen LogP contribution >= 0.6 is 11.3 Å². The number of fused-ring (bicyclic) bond motifs is 1. The number of ether oxygens (including phenoxy) is 2. The van der Waals surface area contributed by atoms with Crippen LogP contribution in [0.3, 0.4) is 0 Å². The maximum absolute atomic E-state index is 12.5. The van der Waals surface area contributed by atoms with Crippen molar-refractivity contribution in [3.63, 3.8) is 0 Å². The highest BCUT2D eigenvalue weighted by Gasteiger charge is 2.28. The molecular weight excluding hydrogens is 464 g/mol. The Labute approximate surface area is 207 Å². The molecule has 9 heteroatoms. The van der Waals surface area contributed by atoms with Gasteiger partial charge in [-0.05, 0) is 35.3 Å². The summed E-state index contributed by atoms with van der Waals surface area (Å²) < 4.78 is 10.9. The Morgan fingerprint density at radius 2 is 2.06 bits per heavy atom. The van der Waals surface area contributed by atoms with Gasteiger partial charge in [0.2, 0.25) is 5.91 Å². The molecule has 0 fully saturated rings. The van der Waals surface area contributed by atoms with Crippen LogP contribution in [0.4, 0.5) is 9.80 Å². The van der Waals surface area contributed by atoms with Gasteiger partial charge < -0.3 is 19.7 Å². The van der Waals surface area contributed by atoms with Gasteiger partial charge in [0.25, 0.3) is 0 Å². The summed E-state index contributed by atoms with van der Waals surface area (Å²) in [5.41, 5.74) is 3.19. The van der Waals surface area contributed by atoms with Crippen LogP contribution in [0.25, 0.3) is 6.08 Å². The Bertz CT molecular complexity index is 1240. The van der Waals surface area contributed by atoms with E-state index in [0.717, 1.165) is 21.6 Å². The first-order chi connectivity index (χ1) is 17.1. The molecule has 3 heterocycles. The van der Waals surface area contributed by atoms with Crippen molar-refractivity contribution in [2.45, 2.75) is 19.6 Å². The van der Waals surface area contributed by atoms with Crippen molar-refractivity contribution in [2.24, 2.45) is 0 Å². The average molecular weight is 489 g/mol. The van der Waals surface area contributed by atoms with Gasteiger partial charge in [0.1, 0.15) is 17.7 Å². The first-order valence-electron chi connectivity index (χ1n) is 11.1. The van der Waals surface area contributed by atoms with Crippen LogP contribution in [-0.4, -0.2) is 41.6 Å². The Balaban J connectivity index is 1.29. The van der Waals surface area contributed by atoms with E-state index >= 15 is 0 Å². The first-order valence-corrected chi connectivity index (χ1v) is 11.9. The Kier molecular flexibility index (Phi) is 8.22. The van der Waals surface area contributed by atoms with Gasteiger partial charge in [0, 0.05) is 29.9 Å². The van der Waals surface area contributed by atoms with Crippen molar-refractivity contribution in [2.75, 3.05) is 25.1 Å². The van der Waals surface area contributed by atoms with E-state index in [2.05, 4.69) is 16.4 Å².